The maximum atomic E-state index is 13.3. The van der Waals surface area contributed by atoms with Crippen molar-refractivity contribution in [2.75, 3.05) is 69.4 Å². The van der Waals surface area contributed by atoms with Crippen LogP contribution in [0.4, 0.5) is 11.8 Å². The molecule has 0 aliphatic carbocycles. The van der Waals surface area contributed by atoms with E-state index in [0.29, 0.717) is 45.1 Å². The smallest absolute Gasteiger partial charge is 0.272 e. The van der Waals surface area contributed by atoms with E-state index >= 15 is 0 Å². The van der Waals surface area contributed by atoms with Crippen molar-refractivity contribution < 1.29 is 14.3 Å². The number of piperazine rings is 1. The third-order valence-electron chi connectivity index (χ3n) is 6.28. The fourth-order valence-electron chi connectivity index (χ4n) is 4.32. The number of carbonyl (C=O) groups excluding carboxylic acids is 1. The summed E-state index contributed by atoms with van der Waals surface area (Å²) in [5.74, 6) is 2.37. The van der Waals surface area contributed by atoms with Crippen molar-refractivity contribution in [3.63, 3.8) is 0 Å². The molecule has 2 aromatic heterocycles. The second-order valence-electron chi connectivity index (χ2n) is 8.36. The van der Waals surface area contributed by atoms with E-state index in [-0.39, 0.29) is 5.91 Å². The molecule has 2 aliphatic heterocycles. The lowest BCUT2D eigenvalue weighted by atomic mass is 10.1. The SMILES string of the molecule is COc1cccc(-c2cc(C(=O)N3CCN(c4ccnc(N5CCOCC5)n4)CC3)n(C)n2)c1. The first-order chi connectivity index (χ1) is 16.6. The highest BCUT2D eigenvalue weighted by Crippen LogP contribution is 2.24. The molecule has 10 heteroatoms. The van der Waals surface area contributed by atoms with E-state index in [1.807, 2.05) is 41.3 Å². The molecule has 0 radical (unpaired) electrons. The number of ether oxygens (including phenoxy) is 2. The van der Waals surface area contributed by atoms with Gasteiger partial charge in [0.25, 0.3) is 5.91 Å². The van der Waals surface area contributed by atoms with Gasteiger partial charge in [-0.2, -0.15) is 10.1 Å². The van der Waals surface area contributed by atoms with Crippen LogP contribution in [0, 0.1) is 0 Å². The summed E-state index contributed by atoms with van der Waals surface area (Å²) in [6, 6.07) is 11.5. The van der Waals surface area contributed by atoms with Crippen LogP contribution in [0.15, 0.2) is 42.6 Å². The zero-order valence-corrected chi connectivity index (χ0v) is 19.6. The molecule has 3 aromatic rings. The molecular weight excluding hydrogens is 434 g/mol. The molecule has 0 spiro atoms. The van der Waals surface area contributed by atoms with Crippen LogP contribution in [-0.2, 0) is 11.8 Å². The summed E-state index contributed by atoms with van der Waals surface area (Å²) in [5.41, 5.74) is 2.24. The summed E-state index contributed by atoms with van der Waals surface area (Å²) in [4.78, 5) is 28.7. The molecule has 10 nitrogen and oxygen atoms in total. The fourth-order valence-corrected chi connectivity index (χ4v) is 4.32. The summed E-state index contributed by atoms with van der Waals surface area (Å²) >= 11 is 0. The number of carbonyl (C=O) groups is 1. The summed E-state index contributed by atoms with van der Waals surface area (Å²) in [6.07, 6.45) is 1.81. The van der Waals surface area contributed by atoms with Crippen molar-refractivity contribution in [2.45, 2.75) is 0 Å². The first-order valence-electron chi connectivity index (χ1n) is 11.5. The molecule has 5 rings (SSSR count). The van der Waals surface area contributed by atoms with Gasteiger partial charge in [0.15, 0.2) is 0 Å². The number of nitrogens with zero attached hydrogens (tertiary/aromatic N) is 7. The van der Waals surface area contributed by atoms with Crippen LogP contribution < -0.4 is 14.5 Å². The monoisotopic (exact) mass is 463 g/mol. The van der Waals surface area contributed by atoms with Gasteiger partial charge in [0.05, 0.1) is 26.0 Å². The average Bonchev–Trinajstić information content (AvgIpc) is 3.30. The molecule has 0 N–H and O–H groups in total. The van der Waals surface area contributed by atoms with Gasteiger partial charge >= 0.3 is 0 Å². The molecule has 1 amide bonds. The van der Waals surface area contributed by atoms with E-state index in [4.69, 9.17) is 14.5 Å². The molecule has 2 saturated heterocycles. The summed E-state index contributed by atoms with van der Waals surface area (Å²) < 4.78 is 12.4. The van der Waals surface area contributed by atoms with E-state index < -0.39 is 0 Å². The Kier molecular flexibility index (Phi) is 6.31. The highest BCUT2D eigenvalue weighted by Gasteiger charge is 2.26. The van der Waals surface area contributed by atoms with Crippen LogP contribution in [0.5, 0.6) is 5.75 Å². The molecular formula is C24H29N7O3. The third-order valence-corrected chi connectivity index (χ3v) is 6.28. The zero-order valence-electron chi connectivity index (χ0n) is 19.6. The third kappa shape index (κ3) is 4.54. The largest absolute Gasteiger partial charge is 0.497 e. The summed E-state index contributed by atoms with van der Waals surface area (Å²) in [7, 11) is 3.44. The van der Waals surface area contributed by atoms with E-state index in [1.54, 1.807) is 25.0 Å². The van der Waals surface area contributed by atoms with Gasteiger partial charge in [0, 0.05) is 58.1 Å². The van der Waals surface area contributed by atoms with Crippen molar-refractivity contribution in [1.82, 2.24) is 24.6 Å². The normalized spacial score (nSPS) is 16.6. The van der Waals surface area contributed by atoms with Crippen LogP contribution >= 0.6 is 0 Å². The predicted octanol–water partition coefficient (Wildman–Crippen LogP) is 1.68. The van der Waals surface area contributed by atoms with Gasteiger partial charge in [0.1, 0.15) is 17.3 Å². The van der Waals surface area contributed by atoms with Crippen LogP contribution in [0.2, 0.25) is 0 Å². The first kappa shape index (κ1) is 22.1. The maximum absolute atomic E-state index is 13.3. The number of anilines is 2. The quantitative estimate of drug-likeness (QED) is 0.565. The number of amides is 1. The van der Waals surface area contributed by atoms with E-state index in [0.717, 1.165) is 41.9 Å². The van der Waals surface area contributed by atoms with Crippen molar-refractivity contribution in [3.05, 3.63) is 48.3 Å². The molecule has 0 saturated carbocycles. The number of rotatable bonds is 5. The Labute approximate surface area is 198 Å². The summed E-state index contributed by atoms with van der Waals surface area (Å²) in [5, 5.41) is 4.56. The molecule has 178 valence electrons. The molecule has 0 atom stereocenters. The van der Waals surface area contributed by atoms with Gasteiger partial charge in [-0.15, -0.1) is 0 Å². The number of aromatic nitrogens is 4. The second-order valence-corrected chi connectivity index (χ2v) is 8.36. The van der Waals surface area contributed by atoms with Crippen molar-refractivity contribution >= 4 is 17.7 Å². The number of morpholine rings is 1. The standard InChI is InChI=1S/C24H29N7O3/c1-28-21(17-20(27-28)18-4-3-5-19(16-18)33-2)23(32)30-10-8-29(9-11-30)22-6-7-25-24(26-22)31-12-14-34-15-13-31/h3-7,16-17H,8-15H2,1-2H3. The molecule has 0 unspecified atom stereocenters. The van der Waals surface area contributed by atoms with Gasteiger partial charge in [-0.05, 0) is 24.3 Å². The Morgan fingerprint density at radius 2 is 1.79 bits per heavy atom. The van der Waals surface area contributed by atoms with Crippen LogP contribution in [-0.4, -0.2) is 90.1 Å². The number of hydrogen-bond acceptors (Lipinski definition) is 8. The highest BCUT2D eigenvalue weighted by atomic mass is 16.5. The Morgan fingerprint density at radius 3 is 2.56 bits per heavy atom. The maximum Gasteiger partial charge on any atom is 0.272 e. The van der Waals surface area contributed by atoms with Gasteiger partial charge in [-0.3, -0.25) is 9.48 Å². The zero-order chi connectivity index (χ0) is 23.5. The van der Waals surface area contributed by atoms with Crippen LogP contribution in [0.25, 0.3) is 11.3 Å². The number of benzene rings is 1. The first-order valence-corrected chi connectivity index (χ1v) is 11.5. The molecule has 0 bridgehead atoms. The van der Waals surface area contributed by atoms with Gasteiger partial charge in [-0.25, -0.2) is 4.98 Å². The van der Waals surface area contributed by atoms with E-state index in [2.05, 4.69) is 19.9 Å². The summed E-state index contributed by atoms with van der Waals surface area (Å²) in [6.45, 7) is 5.66. The minimum Gasteiger partial charge on any atom is -0.497 e. The van der Waals surface area contributed by atoms with E-state index in [9.17, 15) is 4.79 Å². The minimum atomic E-state index is -0.0134. The minimum absolute atomic E-state index is 0.0134. The van der Waals surface area contributed by atoms with Gasteiger partial charge < -0.3 is 24.2 Å². The topological polar surface area (TPSA) is 88.9 Å². The van der Waals surface area contributed by atoms with Crippen LogP contribution in [0.1, 0.15) is 10.5 Å². The Bertz CT molecular complexity index is 1150. The lowest BCUT2D eigenvalue weighted by Crippen LogP contribution is -2.49. The fraction of sp³-hybridized carbons (Fsp3) is 0.417. The predicted molar refractivity (Wildman–Crippen MR) is 128 cm³/mol. The number of methoxy groups -OCH3 is 1. The molecule has 2 fully saturated rings. The molecule has 2 aliphatic rings. The Balaban J connectivity index is 1.25. The molecule has 4 heterocycles. The number of hydrogen-bond donors (Lipinski definition) is 0. The van der Waals surface area contributed by atoms with E-state index in [1.165, 1.54) is 0 Å². The highest BCUT2D eigenvalue weighted by molar-refractivity contribution is 5.94. The van der Waals surface area contributed by atoms with Gasteiger partial charge in [-0.1, -0.05) is 12.1 Å². The van der Waals surface area contributed by atoms with Crippen molar-refractivity contribution in [1.29, 1.82) is 0 Å². The Hall–Kier alpha value is -3.66. The average molecular weight is 464 g/mol. The molecule has 34 heavy (non-hydrogen) atoms. The molecule has 1 aromatic carbocycles. The lowest BCUT2D eigenvalue weighted by Gasteiger charge is -2.35. The van der Waals surface area contributed by atoms with Crippen molar-refractivity contribution in [3.8, 4) is 17.0 Å². The van der Waals surface area contributed by atoms with Crippen LogP contribution in [0.3, 0.4) is 0 Å². The van der Waals surface area contributed by atoms with Crippen molar-refractivity contribution in [2.24, 2.45) is 7.05 Å². The van der Waals surface area contributed by atoms with Gasteiger partial charge in [0.2, 0.25) is 5.95 Å². The Morgan fingerprint density at radius 1 is 1.00 bits per heavy atom. The number of aryl methyl sites for hydroxylation is 1. The lowest BCUT2D eigenvalue weighted by molar-refractivity contribution is 0.0735. The second kappa shape index (κ2) is 9.68.